The van der Waals surface area contributed by atoms with Gasteiger partial charge in [0.05, 0.1) is 0 Å². The highest BCUT2D eigenvalue weighted by Crippen LogP contribution is 2.26. The Morgan fingerprint density at radius 1 is 0.947 bits per heavy atom. The molecular weight excluding hydrogens is 234 g/mol. The standard InChI is InChI=1S/C17H21NO/c1-17(2,3)16(19)14-7-6-13-11-15(18(4)5)9-8-12(13)10-14/h6-11H,1-5H3. The third-order valence-electron chi connectivity index (χ3n) is 3.28. The molecule has 0 heterocycles. The third-order valence-corrected chi connectivity index (χ3v) is 3.28. The molecule has 0 amide bonds. The number of benzene rings is 2. The quantitative estimate of drug-likeness (QED) is 0.752. The van der Waals surface area contributed by atoms with Crippen LogP contribution in [0.2, 0.25) is 0 Å². The number of hydrogen-bond acceptors (Lipinski definition) is 2. The molecule has 0 bridgehead atoms. The second-order valence-electron chi connectivity index (χ2n) is 6.22. The van der Waals surface area contributed by atoms with E-state index >= 15 is 0 Å². The van der Waals surface area contributed by atoms with Gasteiger partial charge in [-0.15, -0.1) is 0 Å². The molecule has 0 aliphatic rings. The van der Waals surface area contributed by atoms with E-state index in [1.54, 1.807) is 0 Å². The number of rotatable bonds is 2. The van der Waals surface area contributed by atoms with Crippen LogP contribution in [0.5, 0.6) is 0 Å². The van der Waals surface area contributed by atoms with Crippen LogP contribution in [0.3, 0.4) is 0 Å². The van der Waals surface area contributed by atoms with Crippen molar-refractivity contribution in [2.45, 2.75) is 20.8 Å². The SMILES string of the molecule is CN(C)c1ccc2cc(C(=O)C(C)(C)C)ccc2c1. The topological polar surface area (TPSA) is 20.3 Å². The summed E-state index contributed by atoms with van der Waals surface area (Å²) in [6.45, 7) is 5.86. The first-order chi connectivity index (χ1) is 8.79. The van der Waals surface area contributed by atoms with Crippen molar-refractivity contribution >= 4 is 22.2 Å². The number of hydrogen-bond donors (Lipinski definition) is 0. The zero-order chi connectivity index (χ0) is 14.2. The van der Waals surface area contributed by atoms with Gasteiger partial charge < -0.3 is 4.90 Å². The molecule has 0 saturated heterocycles. The van der Waals surface area contributed by atoms with Crippen molar-refractivity contribution in [3.63, 3.8) is 0 Å². The van der Waals surface area contributed by atoms with Gasteiger partial charge in [-0.2, -0.15) is 0 Å². The summed E-state index contributed by atoms with van der Waals surface area (Å²) in [5.74, 6) is 0.186. The van der Waals surface area contributed by atoms with Crippen LogP contribution in [-0.4, -0.2) is 19.9 Å². The molecule has 2 heteroatoms. The molecular formula is C17H21NO. The highest BCUT2D eigenvalue weighted by atomic mass is 16.1. The van der Waals surface area contributed by atoms with Crippen LogP contribution >= 0.6 is 0 Å². The van der Waals surface area contributed by atoms with Crippen LogP contribution in [0.1, 0.15) is 31.1 Å². The van der Waals surface area contributed by atoms with E-state index in [-0.39, 0.29) is 11.2 Å². The average Bonchev–Trinajstić information content (AvgIpc) is 2.35. The van der Waals surface area contributed by atoms with Gasteiger partial charge in [0, 0.05) is 30.8 Å². The second-order valence-corrected chi connectivity index (χ2v) is 6.22. The highest BCUT2D eigenvalue weighted by molar-refractivity contribution is 6.03. The van der Waals surface area contributed by atoms with Crippen LogP contribution in [0, 0.1) is 5.41 Å². The minimum absolute atomic E-state index is 0.186. The van der Waals surface area contributed by atoms with E-state index in [1.807, 2.05) is 53.1 Å². The van der Waals surface area contributed by atoms with Gasteiger partial charge >= 0.3 is 0 Å². The summed E-state index contributed by atoms with van der Waals surface area (Å²) in [6, 6.07) is 12.2. The lowest BCUT2D eigenvalue weighted by atomic mass is 9.86. The Bertz CT molecular complexity index is 621. The number of anilines is 1. The molecule has 0 radical (unpaired) electrons. The third kappa shape index (κ3) is 2.78. The van der Waals surface area contributed by atoms with E-state index in [0.717, 1.165) is 16.3 Å². The van der Waals surface area contributed by atoms with Crippen LogP contribution in [-0.2, 0) is 0 Å². The fraction of sp³-hybridized carbons (Fsp3) is 0.353. The second kappa shape index (κ2) is 4.69. The fourth-order valence-corrected chi connectivity index (χ4v) is 2.09. The lowest BCUT2D eigenvalue weighted by Gasteiger charge is -2.17. The number of carbonyl (C=O) groups is 1. The van der Waals surface area contributed by atoms with Gasteiger partial charge in [0.1, 0.15) is 0 Å². The molecule has 0 aliphatic carbocycles. The molecule has 0 N–H and O–H groups in total. The number of nitrogens with zero attached hydrogens (tertiary/aromatic N) is 1. The smallest absolute Gasteiger partial charge is 0.168 e. The Labute approximate surface area is 115 Å². The van der Waals surface area contributed by atoms with Crippen LogP contribution in [0.25, 0.3) is 10.8 Å². The maximum atomic E-state index is 12.3. The van der Waals surface area contributed by atoms with Crippen LogP contribution in [0.15, 0.2) is 36.4 Å². The maximum absolute atomic E-state index is 12.3. The molecule has 0 aliphatic heterocycles. The highest BCUT2D eigenvalue weighted by Gasteiger charge is 2.22. The Morgan fingerprint density at radius 3 is 2.11 bits per heavy atom. The van der Waals surface area contributed by atoms with Crippen LogP contribution < -0.4 is 4.90 Å². The lowest BCUT2D eigenvalue weighted by molar-refractivity contribution is 0.0858. The van der Waals surface area contributed by atoms with Gasteiger partial charge in [-0.3, -0.25) is 4.79 Å². The van der Waals surface area contributed by atoms with Gasteiger partial charge in [-0.1, -0.05) is 39.0 Å². The lowest BCUT2D eigenvalue weighted by Crippen LogP contribution is -2.20. The minimum atomic E-state index is -0.336. The molecule has 0 unspecified atom stereocenters. The first-order valence-corrected chi connectivity index (χ1v) is 6.55. The molecule has 19 heavy (non-hydrogen) atoms. The van der Waals surface area contributed by atoms with Crippen molar-refractivity contribution in [3.05, 3.63) is 42.0 Å². The Hall–Kier alpha value is -1.83. The minimum Gasteiger partial charge on any atom is -0.378 e. The molecule has 0 atom stereocenters. The van der Waals surface area contributed by atoms with E-state index in [4.69, 9.17) is 0 Å². The van der Waals surface area contributed by atoms with Gasteiger partial charge in [-0.05, 0) is 29.0 Å². The Balaban J connectivity index is 2.48. The molecule has 2 nitrogen and oxygen atoms in total. The van der Waals surface area contributed by atoms with Crippen molar-refractivity contribution in [1.29, 1.82) is 0 Å². The van der Waals surface area contributed by atoms with E-state index in [9.17, 15) is 4.79 Å². The maximum Gasteiger partial charge on any atom is 0.168 e. The zero-order valence-corrected chi connectivity index (χ0v) is 12.3. The summed E-state index contributed by atoms with van der Waals surface area (Å²) in [4.78, 5) is 14.4. The van der Waals surface area contributed by atoms with Gasteiger partial charge in [0.25, 0.3) is 0 Å². The van der Waals surface area contributed by atoms with Crippen molar-refractivity contribution in [1.82, 2.24) is 0 Å². The van der Waals surface area contributed by atoms with Gasteiger partial charge in [0.2, 0.25) is 0 Å². The number of Topliss-reactive ketones (excluding diaryl/α,β-unsaturated/α-hetero) is 1. The first-order valence-electron chi connectivity index (χ1n) is 6.55. The predicted octanol–water partition coefficient (Wildman–Crippen LogP) is 4.13. The van der Waals surface area contributed by atoms with Crippen molar-refractivity contribution in [3.8, 4) is 0 Å². The molecule has 0 saturated carbocycles. The van der Waals surface area contributed by atoms with E-state index in [0.29, 0.717) is 0 Å². The molecule has 2 aromatic rings. The normalized spacial score (nSPS) is 11.6. The van der Waals surface area contributed by atoms with Crippen molar-refractivity contribution in [2.24, 2.45) is 5.41 Å². The van der Waals surface area contributed by atoms with Crippen molar-refractivity contribution < 1.29 is 4.79 Å². The largest absolute Gasteiger partial charge is 0.378 e. The van der Waals surface area contributed by atoms with Gasteiger partial charge in [0.15, 0.2) is 5.78 Å². The first kappa shape index (κ1) is 13.6. The molecule has 2 aromatic carbocycles. The number of fused-ring (bicyclic) bond motifs is 1. The molecule has 0 fully saturated rings. The summed E-state index contributed by atoms with van der Waals surface area (Å²) >= 11 is 0. The summed E-state index contributed by atoms with van der Waals surface area (Å²) in [7, 11) is 4.05. The van der Waals surface area contributed by atoms with E-state index in [2.05, 4.69) is 23.1 Å². The summed E-state index contributed by atoms with van der Waals surface area (Å²) in [5.41, 5.74) is 1.62. The average molecular weight is 255 g/mol. The predicted molar refractivity (Wildman–Crippen MR) is 82.1 cm³/mol. The van der Waals surface area contributed by atoms with E-state index < -0.39 is 0 Å². The van der Waals surface area contributed by atoms with Crippen LogP contribution in [0.4, 0.5) is 5.69 Å². The Kier molecular flexibility index (Phi) is 3.36. The summed E-state index contributed by atoms with van der Waals surface area (Å²) < 4.78 is 0. The fourth-order valence-electron chi connectivity index (χ4n) is 2.09. The zero-order valence-electron chi connectivity index (χ0n) is 12.3. The molecule has 0 spiro atoms. The number of ketones is 1. The van der Waals surface area contributed by atoms with Gasteiger partial charge in [-0.25, -0.2) is 0 Å². The van der Waals surface area contributed by atoms with E-state index in [1.165, 1.54) is 5.69 Å². The summed E-state index contributed by atoms with van der Waals surface area (Å²) in [6.07, 6.45) is 0. The summed E-state index contributed by atoms with van der Waals surface area (Å²) in [5, 5.41) is 2.28. The molecule has 2 rings (SSSR count). The number of carbonyl (C=O) groups excluding carboxylic acids is 1. The molecule has 0 aromatic heterocycles. The monoisotopic (exact) mass is 255 g/mol. The Morgan fingerprint density at radius 2 is 1.53 bits per heavy atom. The van der Waals surface area contributed by atoms with Crippen molar-refractivity contribution in [2.75, 3.05) is 19.0 Å². The molecule has 100 valence electrons.